The molecule has 0 radical (unpaired) electrons. The molecule has 0 spiro atoms. The molecule has 0 aliphatic rings. The Bertz CT molecular complexity index is 862. The van der Waals surface area contributed by atoms with Gasteiger partial charge in [0.25, 0.3) is 0 Å². The van der Waals surface area contributed by atoms with E-state index in [4.69, 9.17) is 0 Å². The van der Waals surface area contributed by atoms with Gasteiger partial charge in [0.05, 0.1) is 11.7 Å². The molecule has 1 aromatic heterocycles. The molecular formula is C17H14BrN3O. The number of hydrogen-bond acceptors (Lipinski definition) is 4. The van der Waals surface area contributed by atoms with Gasteiger partial charge in [0.2, 0.25) is 0 Å². The third kappa shape index (κ3) is 3.09. The topological polar surface area (TPSA) is 57.5 Å². The summed E-state index contributed by atoms with van der Waals surface area (Å²) in [4.78, 5) is 4.51. The molecule has 3 rings (SSSR count). The average Bonchev–Trinajstić information content (AvgIpc) is 2.51. The molecule has 0 saturated heterocycles. The molecule has 2 N–H and O–H groups in total. The summed E-state index contributed by atoms with van der Waals surface area (Å²) in [6.07, 6.45) is 1.56. The number of halogens is 1. The fourth-order valence-electron chi connectivity index (χ4n) is 2.20. The molecule has 0 unspecified atom stereocenters. The van der Waals surface area contributed by atoms with Crippen molar-refractivity contribution >= 4 is 38.9 Å². The van der Waals surface area contributed by atoms with Crippen LogP contribution in [0.4, 0.5) is 5.82 Å². The summed E-state index contributed by atoms with van der Waals surface area (Å²) in [6, 6.07) is 15.1. The van der Waals surface area contributed by atoms with E-state index in [9.17, 15) is 5.11 Å². The predicted octanol–water partition coefficient (Wildman–Crippen LogP) is 4.46. The zero-order valence-corrected chi connectivity index (χ0v) is 13.5. The normalized spacial score (nSPS) is 11.2. The molecule has 5 heteroatoms. The van der Waals surface area contributed by atoms with Gasteiger partial charge in [0.1, 0.15) is 11.6 Å². The number of hydrazone groups is 1. The van der Waals surface area contributed by atoms with Gasteiger partial charge >= 0.3 is 0 Å². The Hall–Kier alpha value is -2.40. The van der Waals surface area contributed by atoms with Crippen LogP contribution >= 0.6 is 15.9 Å². The number of nitrogens with one attached hydrogen (secondary N) is 1. The maximum atomic E-state index is 9.76. The molecule has 4 nitrogen and oxygen atoms in total. The summed E-state index contributed by atoms with van der Waals surface area (Å²) in [6.45, 7) is 2.04. The van der Waals surface area contributed by atoms with E-state index in [1.165, 1.54) is 0 Å². The second-order valence-electron chi connectivity index (χ2n) is 4.91. The SMILES string of the molecule is Cc1cc(N/N=C\c2cc(Br)ccc2O)nc2ccccc12. The van der Waals surface area contributed by atoms with Crippen molar-refractivity contribution in [1.29, 1.82) is 0 Å². The van der Waals surface area contributed by atoms with E-state index in [-0.39, 0.29) is 5.75 Å². The fourth-order valence-corrected chi connectivity index (χ4v) is 2.58. The van der Waals surface area contributed by atoms with Gasteiger partial charge in [0.15, 0.2) is 0 Å². The second-order valence-corrected chi connectivity index (χ2v) is 5.83. The molecule has 3 aromatic rings. The number of para-hydroxylation sites is 1. The zero-order valence-electron chi connectivity index (χ0n) is 11.9. The number of aryl methyl sites for hydroxylation is 1. The minimum Gasteiger partial charge on any atom is -0.507 e. The van der Waals surface area contributed by atoms with Crippen LogP contribution in [0.25, 0.3) is 10.9 Å². The van der Waals surface area contributed by atoms with Gasteiger partial charge in [-0.3, -0.25) is 5.43 Å². The Morgan fingerprint density at radius 2 is 2.00 bits per heavy atom. The van der Waals surface area contributed by atoms with E-state index < -0.39 is 0 Å². The van der Waals surface area contributed by atoms with Crippen LogP contribution < -0.4 is 5.43 Å². The second kappa shape index (κ2) is 6.15. The third-order valence-corrected chi connectivity index (χ3v) is 3.79. The first kappa shape index (κ1) is 14.5. The minimum atomic E-state index is 0.177. The maximum absolute atomic E-state index is 9.76. The molecule has 22 heavy (non-hydrogen) atoms. The van der Waals surface area contributed by atoms with E-state index in [1.54, 1.807) is 24.4 Å². The number of hydrogen-bond donors (Lipinski definition) is 2. The number of phenols is 1. The van der Waals surface area contributed by atoms with Gasteiger partial charge in [-0.1, -0.05) is 34.1 Å². The Morgan fingerprint density at radius 3 is 2.86 bits per heavy atom. The number of aromatic nitrogens is 1. The largest absolute Gasteiger partial charge is 0.507 e. The quantitative estimate of drug-likeness (QED) is 0.538. The summed E-state index contributed by atoms with van der Waals surface area (Å²) < 4.78 is 0.881. The van der Waals surface area contributed by atoms with Crippen LogP contribution in [-0.4, -0.2) is 16.3 Å². The standard InChI is InChI=1S/C17H14BrN3O/c1-11-8-17(20-15-5-3-2-4-14(11)15)21-19-10-12-9-13(18)6-7-16(12)22/h2-10,22H,1H3,(H,20,21)/b19-10-. The fraction of sp³-hybridized carbons (Fsp3) is 0.0588. The summed E-state index contributed by atoms with van der Waals surface area (Å²) in [5, 5.41) is 15.0. The molecule has 0 amide bonds. The van der Waals surface area contributed by atoms with E-state index >= 15 is 0 Å². The van der Waals surface area contributed by atoms with Crippen LogP contribution in [0.3, 0.4) is 0 Å². The van der Waals surface area contributed by atoms with E-state index in [2.05, 4.69) is 31.4 Å². The van der Waals surface area contributed by atoms with Crippen molar-refractivity contribution in [3.8, 4) is 5.75 Å². The minimum absolute atomic E-state index is 0.177. The Balaban J connectivity index is 1.84. The maximum Gasteiger partial charge on any atom is 0.147 e. The molecule has 0 atom stereocenters. The predicted molar refractivity (Wildman–Crippen MR) is 93.5 cm³/mol. The van der Waals surface area contributed by atoms with Crippen molar-refractivity contribution in [3.63, 3.8) is 0 Å². The summed E-state index contributed by atoms with van der Waals surface area (Å²) in [5.41, 5.74) is 5.58. The van der Waals surface area contributed by atoms with Gasteiger partial charge in [-0.2, -0.15) is 5.10 Å². The highest BCUT2D eigenvalue weighted by Gasteiger charge is 2.02. The van der Waals surface area contributed by atoms with E-state index in [0.29, 0.717) is 11.4 Å². The molecule has 2 aromatic carbocycles. The highest BCUT2D eigenvalue weighted by molar-refractivity contribution is 9.10. The van der Waals surface area contributed by atoms with Gasteiger partial charge in [-0.05, 0) is 42.8 Å². The lowest BCUT2D eigenvalue weighted by atomic mass is 10.1. The number of rotatable bonds is 3. The zero-order chi connectivity index (χ0) is 15.5. The van der Waals surface area contributed by atoms with Crippen LogP contribution in [0.15, 0.2) is 58.1 Å². The van der Waals surface area contributed by atoms with Crippen molar-refractivity contribution in [3.05, 3.63) is 64.1 Å². The van der Waals surface area contributed by atoms with Crippen LogP contribution in [0, 0.1) is 6.92 Å². The van der Waals surface area contributed by atoms with Gasteiger partial charge < -0.3 is 5.11 Å². The number of fused-ring (bicyclic) bond motifs is 1. The molecule has 0 bridgehead atoms. The Morgan fingerprint density at radius 1 is 1.18 bits per heavy atom. The van der Waals surface area contributed by atoms with Crippen LogP contribution in [0.1, 0.15) is 11.1 Å². The monoisotopic (exact) mass is 355 g/mol. The van der Waals surface area contributed by atoms with Crippen molar-refractivity contribution in [2.75, 3.05) is 5.43 Å². The van der Waals surface area contributed by atoms with E-state index in [1.807, 2.05) is 37.3 Å². The number of pyridine rings is 1. The van der Waals surface area contributed by atoms with Gasteiger partial charge in [-0.25, -0.2) is 4.98 Å². The molecule has 0 aliphatic carbocycles. The molecule has 1 heterocycles. The Labute approximate surface area is 136 Å². The van der Waals surface area contributed by atoms with Crippen LogP contribution in [-0.2, 0) is 0 Å². The van der Waals surface area contributed by atoms with Gasteiger partial charge in [0, 0.05) is 15.4 Å². The molecule has 0 saturated carbocycles. The van der Waals surface area contributed by atoms with Crippen molar-refractivity contribution in [2.45, 2.75) is 6.92 Å². The first-order chi connectivity index (χ1) is 10.6. The summed E-state index contributed by atoms with van der Waals surface area (Å²) in [7, 11) is 0. The number of benzene rings is 2. The Kier molecular flexibility index (Phi) is 4.06. The highest BCUT2D eigenvalue weighted by Crippen LogP contribution is 2.21. The lowest BCUT2D eigenvalue weighted by molar-refractivity contribution is 0.474. The van der Waals surface area contributed by atoms with Crippen molar-refractivity contribution in [1.82, 2.24) is 4.98 Å². The molecule has 0 aliphatic heterocycles. The number of anilines is 1. The molecule has 110 valence electrons. The lowest BCUT2D eigenvalue weighted by Gasteiger charge is -2.05. The first-order valence-corrected chi connectivity index (χ1v) is 7.57. The van der Waals surface area contributed by atoms with Crippen molar-refractivity contribution in [2.24, 2.45) is 5.10 Å². The molecular weight excluding hydrogens is 342 g/mol. The van der Waals surface area contributed by atoms with Gasteiger partial charge in [-0.15, -0.1) is 0 Å². The smallest absolute Gasteiger partial charge is 0.147 e. The summed E-state index contributed by atoms with van der Waals surface area (Å²) >= 11 is 3.36. The number of aromatic hydroxyl groups is 1. The average molecular weight is 356 g/mol. The number of phenolic OH excluding ortho intramolecular Hbond substituents is 1. The molecule has 0 fully saturated rings. The van der Waals surface area contributed by atoms with Crippen LogP contribution in [0.2, 0.25) is 0 Å². The third-order valence-electron chi connectivity index (χ3n) is 3.30. The highest BCUT2D eigenvalue weighted by atomic mass is 79.9. The first-order valence-electron chi connectivity index (χ1n) is 6.77. The number of nitrogens with zero attached hydrogens (tertiary/aromatic N) is 2. The summed E-state index contributed by atoms with van der Waals surface area (Å²) in [5.74, 6) is 0.846. The van der Waals surface area contributed by atoms with E-state index in [0.717, 1.165) is 20.9 Å². The van der Waals surface area contributed by atoms with Crippen LogP contribution in [0.5, 0.6) is 5.75 Å². The lowest BCUT2D eigenvalue weighted by Crippen LogP contribution is -1.95. The van der Waals surface area contributed by atoms with Crippen molar-refractivity contribution < 1.29 is 5.11 Å².